The first kappa shape index (κ1) is 9.68. The van der Waals surface area contributed by atoms with E-state index in [1.165, 1.54) is 12.7 Å². The van der Waals surface area contributed by atoms with Gasteiger partial charge in [0.25, 0.3) is 0 Å². The van der Waals surface area contributed by atoms with Gasteiger partial charge in [0.1, 0.15) is 0 Å². The summed E-state index contributed by atoms with van der Waals surface area (Å²) in [6, 6.07) is 2.04. The van der Waals surface area contributed by atoms with Crippen molar-refractivity contribution < 1.29 is 9.53 Å². The second-order valence-corrected chi connectivity index (χ2v) is 4.66. The number of ether oxygens (including phenoxy) is 1. The number of rotatable bonds is 1. The second-order valence-electron chi connectivity index (χ2n) is 3.74. The van der Waals surface area contributed by atoms with E-state index < -0.39 is 5.54 Å². The summed E-state index contributed by atoms with van der Waals surface area (Å²) in [6.07, 6.45) is 0.866. The van der Waals surface area contributed by atoms with Crippen molar-refractivity contribution in [3.8, 4) is 0 Å². The van der Waals surface area contributed by atoms with E-state index in [1.54, 1.807) is 11.3 Å². The minimum atomic E-state index is -0.918. The number of esters is 1. The maximum absolute atomic E-state index is 11.7. The molecule has 0 spiro atoms. The van der Waals surface area contributed by atoms with Gasteiger partial charge < -0.3 is 10.5 Å². The quantitative estimate of drug-likeness (QED) is 0.712. The van der Waals surface area contributed by atoms with Crippen LogP contribution in [0.4, 0.5) is 0 Å². The van der Waals surface area contributed by atoms with Crippen LogP contribution in [0.3, 0.4) is 0 Å². The minimum absolute atomic E-state index is 0.123. The number of carbonyl (C=O) groups is 1. The zero-order valence-corrected chi connectivity index (χ0v) is 9.06. The molecule has 0 aliphatic heterocycles. The lowest BCUT2D eigenvalue weighted by molar-refractivity contribution is -0.149. The molecule has 2 rings (SSSR count). The van der Waals surface area contributed by atoms with E-state index in [2.05, 4.69) is 0 Å². The molecule has 1 aromatic heterocycles. The molecule has 2 unspecified atom stereocenters. The molecule has 76 valence electrons. The Bertz CT molecular complexity index is 374. The standard InChI is InChI=1S/C10H13NO2S/c1-6-5-7-3-4-14-8(7)10(6,11)9(12)13-2/h3-4,6H,5,11H2,1-2H3. The fourth-order valence-electron chi connectivity index (χ4n) is 2.04. The van der Waals surface area contributed by atoms with Crippen LogP contribution in [0.2, 0.25) is 0 Å². The molecule has 14 heavy (non-hydrogen) atoms. The summed E-state index contributed by atoms with van der Waals surface area (Å²) in [5, 5.41) is 1.97. The molecule has 2 atom stereocenters. The molecule has 0 saturated heterocycles. The largest absolute Gasteiger partial charge is 0.467 e. The first-order valence-corrected chi connectivity index (χ1v) is 5.42. The predicted molar refractivity (Wildman–Crippen MR) is 55.1 cm³/mol. The maximum atomic E-state index is 11.7. The number of fused-ring (bicyclic) bond motifs is 1. The highest BCUT2D eigenvalue weighted by atomic mass is 32.1. The van der Waals surface area contributed by atoms with Gasteiger partial charge in [-0.1, -0.05) is 6.92 Å². The van der Waals surface area contributed by atoms with E-state index in [-0.39, 0.29) is 11.9 Å². The number of carbonyl (C=O) groups excluding carboxylic acids is 1. The van der Waals surface area contributed by atoms with Crippen LogP contribution in [-0.2, 0) is 21.5 Å². The third kappa shape index (κ3) is 1.04. The Balaban J connectivity index is 2.49. The van der Waals surface area contributed by atoms with Gasteiger partial charge >= 0.3 is 5.97 Å². The number of nitrogens with two attached hydrogens (primary N) is 1. The molecule has 4 heteroatoms. The zero-order chi connectivity index (χ0) is 10.3. The molecule has 3 nitrogen and oxygen atoms in total. The third-order valence-electron chi connectivity index (χ3n) is 2.95. The monoisotopic (exact) mass is 211 g/mol. The maximum Gasteiger partial charge on any atom is 0.331 e. The van der Waals surface area contributed by atoms with Crippen molar-refractivity contribution in [2.24, 2.45) is 11.7 Å². The summed E-state index contributed by atoms with van der Waals surface area (Å²) in [5.41, 5.74) is 6.42. The molecule has 0 saturated carbocycles. The molecular weight excluding hydrogens is 198 g/mol. The van der Waals surface area contributed by atoms with E-state index in [0.717, 1.165) is 11.3 Å². The van der Waals surface area contributed by atoms with Gasteiger partial charge in [0.15, 0.2) is 5.54 Å². The zero-order valence-electron chi connectivity index (χ0n) is 8.24. The first-order valence-electron chi connectivity index (χ1n) is 4.54. The van der Waals surface area contributed by atoms with Crippen LogP contribution in [0.15, 0.2) is 11.4 Å². The average Bonchev–Trinajstić information content (AvgIpc) is 2.70. The molecule has 0 radical (unpaired) electrons. The fraction of sp³-hybridized carbons (Fsp3) is 0.500. The first-order chi connectivity index (χ1) is 6.60. The van der Waals surface area contributed by atoms with Crippen LogP contribution in [0.5, 0.6) is 0 Å². The van der Waals surface area contributed by atoms with Crippen LogP contribution in [0, 0.1) is 5.92 Å². The van der Waals surface area contributed by atoms with Crippen molar-refractivity contribution >= 4 is 17.3 Å². The van der Waals surface area contributed by atoms with Gasteiger partial charge in [-0.3, -0.25) is 0 Å². The van der Waals surface area contributed by atoms with Crippen LogP contribution in [0.1, 0.15) is 17.4 Å². The highest BCUT2D eigenvalue weighted by molar-refractivity contribution is 7.10. The minimum Gasteiger partial charge on any atom is -0.467 e. The van der Waals surface area contributed by atoms with Crippen molar-refractivity contribution in [1.82, 2.24) is 0 Å². The van der Waals surface area contributed by atoms with E-state index in [0.29, 0.717) is 0 Å². The van der Waals surface area contributed by atoms with Gasteiger partial charge in [-0.05, 0) is 29.3 Å². The molecule has 1 aromatic rings. The van der Waals surface area contributed by atoms with Gasteiger partial charge in [-0.25, -0.2) is 4.79 Å². The Morgan fingerprint density at radius 1 is 1.79 bits per heavy atom. The van der Waals surface area contributed by atoms with E-state index in [9.17, 15) is 4.79 Å². The molecule has 0 fully saturated rings. The third-order valence-corrected chi connectivity index (χ3v) is 4.06. The molecular formula is C10H13NO2S. The summed E-state index contributed by atoms with van der Waals surface area (Å²) in [7, 11) is 1.38. The summed E-state index contributed by atoms with van der Waals surface area (Å²) in [6.45, 7) is 1.99. The number of thiophene rings is 1. The summed E-state index contributed by atoms with van der Waals surface area (Å²) < 4.78 is 4.78. The Morgan fingerprint density at radius 2 is 2.50 bits per heavy atom. The van der Waals surface area contributed by atoms with Crippen molar-refractivity contribution in [3.63, 3.8) is 0 Å². The Labute approximate surface area is 86.9 Å². The topological polar surface area (TPSA) is 52.3 Å². The van der Waals surface area contributed by atoms with Gasteiger partial charge in [-0.15, -0.1) is 11.3 Å². The molecule has 2 N–H and O–H groups in total. The molecule has 0 bridgehead atoms. The van der Waals surface area contributed by atoms with Crippen molar-refractivity contribution in [2.45, 2.75) is 18.9 Å². The molecule has 0 aromatic carbocycles. The summed E-state index contributed by atoms with van der Waals surface area (Å²) in [4.78, 5) is 12.6. The SMILES string of the molecule is COC(=O)C1(N)c2sccc2CC1C. The lowest BCUT2D eigenvalue weighted by Gasteiger charge is -2.25. The Hall–Kier alpha value is -0.870. The van der Waals surface area contributed by atoms with Crippen LogP contribution in [-0.4, -0.2) is 13.1 Å². The van der Waals surface area contributed by atoms with Crippen molar-refractivity contribution in [1.29, 1.82) is 0 Å². The van der Waals surface area contributed by atoms with Crippen LogP contribution >= 0.6 is 11.3 Å². The molecule has 1 aliphatic rings. The lowest BCUT2D eigenvalue weighted by Crippen LogP contribution is -2.48. The highest BCUT2D eigenvalue weighted by Crippen LogP contribution is 2.43. The number of hydrogen-bond donors (Lipinski definition) is 1. The number of methoxy groups -OCH3 is 1. The van der Waals surface area contributed by atoms with Gasteiger partial charge in [0.05, 0.1) is 7.11 Å². The van der Waals surface area contributed by atoms with Gasteiger partial charge in [0, 0.05) is 4.88 Å². The smallest absolute Gasteiger partial charge is 0.331 e. The van der Waals surface area contributed by atoms with Gasteiger partial charge in [0.2, 0.25) is 0 Å². The second kappa shape index (κ2) is 3.07. The van der Waals surface area contributed by atoms with E-state index >= 15 is 0 Å². The normalized spacial score (nSPS) is 30.1. The highest BCUT2D eigenvalue weighted by Gasteiger charge is 2.49. The molecule has 1 heterocycles. The number of hydrogen-bond acceptors (Lipinski definition) is 4. The van der Waals surface area contributed by atoms with E-state index in [4.69, 9.17) is 10.5 Å². The predicted octanol–water partition coefficient (Wildman–Crippen LogP) is 1.27. The van der Waals surface area contributed by atoms with Crippen LogP contribution in [0.25, 0.3) is 0 Å². The average molecular weight is 211 g/mol. The Kier molecular flexibility index (Phi) is 2.12. The lowest BCUT2D eigenvalue weighted by atomic mass is 9.90. The Morgan fingerprint density at radius 3 is 3.14 bits per heavy atom. The van der Waals surface area contributed by atoms with Crippen LogP contribution < -0.4 is 5.73 Å². The van der Waals surface area contributed by atoms with Gasteiger partial charge in [-0.2, -0.15) is 0 Å². The fourth-order valence-corrected chi connectivity index (χ4v) is 3.19. The van der Waals surface area contributed by atoms with E-state index in [1.807, 2.05) is 18.4 Å². The summed E-state index contributed by atoms with van der Waals surface area (Å²) in [5.74, 6) is -0.205. The molecule has 0 amide bonds. The molecule has 1 aliphatic carbocycles. The van der Waals surface area contributed by atoms with Crippen molar-refractivity contribution in [2.75, 3.05) is 7.11 Å². The van der Waals surface area contributed by atoms with Crippen molar-refractivity contribution in [3.05, 3.63) is 21.9 Å². The summed E-state index contributed by atoms with van der Waals surface area (Å²) >= 11 is 1.54.